The Morgan fingerprint density at radius 1 is 1.21 bits per heavy atom. The molecule has 2 heterocycles. The highest BCUT2D eigenvalue weighted by molar-refractivity contribution is 5.78. The highest BCUT2D eigenvalue weighted by atomic mass is 16.5. The molecule has 1 aliphatic heterocycles. The summed E-state index contributed by atoms with van der Waals surface area (Å²) >= 11 is 0. The normalized spacial score (nSPS) is 17.8. The molecule has 1 aromatic carbocycles. The van der Waals surface area contributed by atoms with Crippen molar-refractivity contribution in [2.24, 2.45) is 5.92 Å². The van der Waals surface area contributed by atoms with E-state index in [1.54, 1.807) is 12.4 Å². The Morgan fingerprint density at radius 3 is 2.71 bits per heavy atom. The molecule has 1 aromatic heterocycles. The van der Waals surface area contributed by atoms with Gasteiger partial charge in [-0.1, -0.05) is 32.0 Å². The van der Waals surface area contributed by atoms with Crippen LogP contribution in [0.3, 0.4) is 0 Å². The van der Waals surface area contributed by atoms with Crippen molar-refractivity contribution in [2.45, 2.75) is 32.6 Å². The fourth-order valence-corrected chi connectivity index (χ4v) is 3.06. The van der Waals surface area contributed by atoms with Crippen molar-refractivity contribution >= 4 is 5.91 Å². The Morgan fingerprint density at radius 2 is 1.96 bits per heavy atom. The van der Waals surface area contributed by atoms with E-state index in [0.29, 0.717) is 12.4 Å². The standard InChI is InChI=1S/C19H23N3O2/c1-14(2)19(23)22-12-6-7-15(13-22)17-18(21-11-10-20-17)24-16-8-4-3-5-9-16/h3-5,8-11,14-15H,6-7,12-13H2,1-2H3/t15-/m0/s1. The number of likely N-dealkylation sites (tertiary alicyclic amines) is 1. The summed E-state index contributed by atoms with van der Waals surface area (Å²) in [5.41, 5.74) is 0.836. The van der Waals surface area contributed by atoms with Crippen molar-refractivity contribution < 1.29 is 9.53 Å². The van der Waals surface area contributed by atoms with Gasteiger partial charge in [0.15, 0.2) is 0 Å². The van der Waals surface area contributed by atoms with Crippen LogP contribution in [0.5, 0.6) is 11.6 Å². The van der Waals surface area contributed by atoms with Crippen molar-refractivity contribution in [1.29, 1.82) is 0 Å². The van der Waals surface area contributed by atoms with Crippen molar-refractivity contribution in [1.82, 2.24) is 14.9 Å². The van der Waals surface area contributed by atoms with Crippen LogP contribution in [0.25, 0.3) is 0 Å². The van der Waals surface area contributed by atoms with Gasteiger partial charge in [-0.05, 0) is 25.0 Å². The summed E-state index contributed by atoms with van der Waals surface area (Å²) in [6.45, 7) is 5.39. The first-order valence-corrected chi connectivity index (χ1v) is 8.47. The van der Waals surface area contributed by atoms with Gasteiger partial charge in [-0.15, -0.1) is 0 Å². The monoisotopic (exact) mass is 325 g/mol. The van der Waals surface area contributed by atoms with Crippen LogP contribution in [-0.4, -0.2) is 33.9 Å². The third kappa shape index (κ3) is 3.72. The summed E-state index contributed by atoms with van der Waals surface area (Å²) < 4.78 is 5.93. The number of rotatable bonds is 4. The smallest absolute Gasteiger partial charge is 0.241 e. The fraction of sp³-hybridized carbons (Fsp3) is 0.421. The number of ether oxygens (including phenoxy) is 1. The zero-order valence-electron chi connectivity index (χ0n) is 14.2. The van der Waals surface area contributed by atoms with Gasteiger partial charge < -0.3 is 9.64 Å². The number of para-hydroxylation sites is 1. The Hall–Kier alpha value is -2.43. The predicted octanol–water partition coefficient (Wildman–Crippen LogP) is 3.63. The van der Waals surface area contributed by atoms with E-state index in [0.717, 1.165) is 30.8 Å². The summed E-state index contributed by atoms with van der Waals surface area (Å²) in [5.74, 6) is 1.66. The van der Waals surface area contributed by atoms with Gasteiger partial charge in [0.25, 0.3) is 0 Å². The lowest BCUT2D eigenvalue weighted by Gasteiger charge is -2.33. The number of aromatic nitrogens is 2. The van der Waals surface area contributed by atoms with Gasteiger partial charge in [0.2, 0.25) is 11.8 Å². The predicted molar refractivity (Wildman–Crippen MR) is 91.9 cm³/mol. The summed E-state index contributed by atoms with van der Waals surface area (Å²) in [4.78, 5) is 23.1. The SMILES string of the molecule is CC(C)C(=O)N1CCC[C@H](c2nccnc2Oc2ccccc2)C1. The topological polar surface area (TPSA) is 55.3 Å². The van der Waals surface area contributed by atoms with Crippen LogP contribution in [0.15, 0.2) is 42.7 Å². The van der Waals surface area contributed by atoms with Gasteiger partial charge in [-0.3, -0.25) is 9.78 Å². The summed E-state index contributed by atoms with van der Waals surface area (Å²) in [7, 11) is 0. The number of amides is 1. The molecule has 2 aromatic rings. The van der Waals surface area contributed by atoms with Gasteiger partial charge in [0, 0.05) is 37.3 Å². The third-order valence-electron chi connectivity index (χ3n) is 4.26. The summed E-state index contributed by atoms with van der Waals surface area (Å²) in [5, 5.41) is 0. The highest BCUT2D eigenvalue weighted by Gasteiger charge is 2.29. The number of carbonyl (C=O) groups excluding carboxylic acids is 1. The van der Waals surface area contributed by atoms with Gasteiger partial charge in [-0.2, -0.15) is 0 Å². The van der Waals surface area contributed by atoms with E-state index in [4.69, 9.17) is 4.74 Å². The van der Waals surface area contributed by atoms with Gasteiger partial charge in [0.1, 0.15) is 11.4 Å². The van der Waals surface area contributed by atoms with Gasteiger partial charge in [0.05, 0.1) is 0 Å². The fourth-order valence-electron chi connectivity index (χ4n) is 3.06. The number of piperidine rings is 1. The highest BCUT2D eigenvalue weighted by Crippen LogP contribution is 2.32. The molecule has 5 heteroatoms. The van der Waals surface area contributed by atoms with E-state index in [-0.39, 0.29) is 17.7 Å². The molecule has 5 nitrogen and oxygen atoms in total. The molecule has 1 atom stereocenters. The van der Waals surface area contributed by atoms with Gasteiger partial charge in [-0.25, -0.2) is 4.98 Å². The number of nitrogens with zero attached hydrogens (tertiary/aromatic N) is 3. The van der Waals surface area contributed by atoms with Gasteiger partial charge >= 0.3 is 0 Å². The molecule has 1 saturated heterocycles. The Kier molecular flexibility index (Phi) is 5.08. The molecule has 24 heavy (non-hydrogen) atoms. The Labute approximate surface area is 142 Å². The van der Waals surface area contributed by atoms with E-state index in [2.05, 4.69) is 9.97 Å². The van der Waals surface area contributed by atoms with E-state index >= 15 is 0 Å². The van der Waals surface area contributed by atoms with Crippen LogP contribution in [-0.2, 0) is 4.79 Å². The second kappa shape index (κ2) is 7.43. The van der Waals surface area contributed by atoms with Crippen LogP contribution < -0.4 is 4.74 Å². The lowest BCUT2D eigenvalue weighted by atomic mass is 9.94. The molecule has 1 fully saturated rings. The summed E-state index contributed by atoms with van der Waals surface area (Å²) in [6.07, 6.45) is 5.30. The molecule has 0 bridgehead atoms. The lowest BCUT2D eigenvalue weighted by molar-refractivity contribution is -0.135. The molecule has 1 amide bonds. The molecule has 0 radical (unpaired) electrons. The van der Waals surface area contributed by atoms with Crippen LogP contribution in [0.1, 0.15) is 38.3 Å². The van der Waals surface area contributed by atoms with E-state index in [1.807, 2.05) is 49.1 Å². The zero-order valence-corrected chi connectivity index (χ0v) is 14.2. The van der Waals surface area contributed by atoms with E-state index in [9.17, 15) is 4.79 Å². The minimum Gasteiger partial charge on any atom is -0.437 e. The van der Waals surface area contributed by atoms with Crippen molar-refractivity contribution in [3.05, 3.63) is 48.4 Å². The van der Waals surface area contributed by atoms with Crippen LogP contribution >= 0.6 is 0 Å². The molecule has 3 rings (SSSR count). The minimum absolute atomic E-state index is 0.0191. The molecule has 0 spiro atoms. The first-order valence-electron chi connectivity index (χ1n) is 8.47. The number of carbonyl (C=O) groups is 1. The van der Waals surface area contributed by atoms with E-state index < -0.39 is 0 Å². The quantitative estimate of drug-likeness (QED) is 0.861. The molecule has 0 saturated carbocycles. The molecule has 0 N–H and O–H groups in total. The molecular formula is C19H23N3O2. The Bertz CT molecular complexity index is 688. The Balaban J connectivity index is 1.80. The second-order valence-corrected chi connectivity index (χ2v) is 6.44. The first-order chi connectivity index (χ1) is 11.6. The second-order valence-electron chi connectivity index (χ2n) is 6.44. The third-order valence-corrected chi connectivity index (χ3v) is 4.26. The van der Waals surface area contributed by atoms with Crippen molar-refractivity contribution in [3.8, 4) is 11.6 Å². The average Bonchev–Trinajstić information content (AvgIpc) is 2.62. The number of hydrogen-bond acceptors (Lipinski definition) is 4. The number of benzene rings is 1. The van der Waals surface area contributed by atoms with Crippen molar-refractivity contribution in [3.63, 3.8) is 0 Å². The molecular weight excluding hydrogens is 302 g/mol. The van der Waals surface area contributed by atoms with Crippen LogP contribution in [0.2, 0.25) is 0 Å². The maximum atomic E-state index is 12.3. The average molecular weight is 325 g/mol. The lowest BCUT2D eigenvalue weighted by Crippen LogP contribution is -2.41. The molecule has 126 valence electrons. The molecule has 1 aliphatic rings. The van der Waals surface area contributed by atoms with E-state index in [1.165, 1.54) is 0 Å². The first kappa shape index (κ1) is 16.4. The van der Waals surface area contributed by atoms with Crippen molar-refractivity contribution in [2.75, 3.05) is 13.1 Å². The largest absolute Gasteiger partial charge is 0.437 e. The molecule has 0 unspecified atom stereocenters. The van der Waals surface area contributed by atoms with Crippen LogP contribution in [0.4, 0.5) is 0 Å². The summed E-state index contributed by atoms with van der Waals surface area (Å²) in [6, 6.07) is 9.59. The van der Waals surface area contributed by atoms with Crippen LogP contribution in [0, 0.1) is 5.92 Å². The zero-order chi connectivity index (χ0) is 16.9. The maximum absolute atomic E-state index is 12.3. The number of hydrogen-bond donors (Lipinski definition) is 0. The minimum atomic E-state index is 0.0191. The maximum Gasteiger partial charge on any atom is 0.241 e. The molecule has 0 aliphatic carbocycles.